The number of nitrogens with zero attached hydrogens (tertiary/aromatic N) is 1. The van der Waals surface area contributed by atoms with Crippen LogP contribution in [0.3, 0.4) is 0 Å². The van der Waals surface area contributed by atoms with Crippen molar-refractivity contribution in [3.63, 3.8) is 0 Å². The molecule has 1 N–H and O–H groups in total. The number of ether oxygens (including phenoxy) is 1. The second kappa shape index (κ2) is 4.78. The maximum absolute atomic E-state index is 12.7. The van der Waals surface area contributed by atoms with Gasteiger partial charge in [-0.1, -0.05) is 0 Å². The predicted molar refractivity (Wildman–Crippen MR) is 61.8 cm³/mol. The van der Waals surface area contributed by atoms with E-state index in [1.54, 1.807) is 20.8 Å². The van der Waals surface area contributed by atoms with Gasteiger partial charge in [0.2, 0.25) is 0 Å². The number of pyridine rings is 1. The summed E-state index contributed by atoms with van der Waals surface area (Å²) >= 11 is 3.08. The van der Waals surface area contributed by atoms with Crippen LogP contribution < -0.4 is 5.32 Å². The standard InChI is InChI=1S/C10H12BrFN2O2/c1-10(2,3)16-9(15)14-8-7(11)4-6(12)5-13-8/h4-5H,1-3H3,(H,13,14,15). The van der Waals surface area contributed by atoms with Gasteiger partial charge in [0, 0.05) is 0 Å². The number of rotatable bonds is 1. The first kappa shape index (κ1) is 12.9. The van der Waals surface area contributed by atoms with Crippen molar-refractivity contribution in [3.05, 3.63) is 22.6 Å². The average Bonchev–Trinajstić information content (AvgIpc) is 2.06. The van der Waals surface area contributed by atoms with Gasteiger partial charge in [-0.25, -0.2) is 14.2 Å². The second-order valence-corrected chi connectivity index (χ2v) is 4.97. The smallest absolute Gasteiger partial charge is 0.413 e. The van der Waals surface area contributed by atoms with E-state index in [1.807, 2.05) is 0 Å². The Morgan fingerprint density at radius 1 is 1.56 bits per heavy atom. The lowest BCUT2D eigenvalue weighted by molar-refractivity contribution is 0.0635. The third-order valence-electron chi connectivity index (χ3n) is 1.43. The highest BCUT2D eigenvalue weighted by Gasteiger charge is 2.17. The number of amides is 1. The molecule has 0 unspecified atom stereocenters. The minimum atomic E-state index is -0.632. The first-order valence-electron chi connectivity index (χ1n) is 4.59. The average molecular weight is 291 g/mol. The molecule has 0 atom stereocenters. The van der Waals surface area contributed by atoms with Gasteiger partial charge in [-0.05, 0) is 42.8 Å². The van der Waals surface area contributed by atoms with Crippen molar-refractivity contribution in [2.75, 3.05) is 5.32 Å². The topological polar surface area (TPSA) is 51.2 Å². The van der Waals surface area contributed by atoms with Gasteiger partial charge in [0.1, 0.15) is 17.2 Å². The highest BCUT2D eigenvalue weighted by atomic mass is 79.9. The SMILES string of the molecule is CC(C)(C)OC(=O)Nc1ncc(F)cc1Br. The van der Waals surface area contributed by atoms with Crippen molar-refractivity contribution in [2.24, 2.45) is 0 Å². The Morgan fingerprint density at radius 3 is 2.69 bits per heavy atom. The van der Waals surface area contributed by atoms with Crippen LogP contribution in [0.5, 0.6) is 0 Å². The normalized spacial score (nSPS) is 11.1. The lowest BCUT2D eigenvalue weighted by atomic mass is 10.2. The van der Waals surface area contributed by atoms with Gasteiger partial charge in [0.15, 0.2) is 0 Å². The van der Waals surface area contributed by atoms with E-state index < -0.39 is 17.5 Å². The molecule has 16 heavy (non-hydrogen) atoms. The summed E-state index contributed by atoms with van der Waals surface area (Å²) < 4.78 is 18.1. The second-order valence-electron chi connectivity index (χ2n) is 4.11. The van der Waals surface area contributed by atoms with Crippen LogP contribution in [0.15, 0.2) is 16.7 Å². The zero-order valence-corrected chi connectivity index (χ0v) is 10.8. The number of halogens is 2. The molecule has 0 aliphatic carbocycles. The molecule has 6 heteroatoms. The van der Waals surface area contributed by atoms with E-state index in [1.165, 1.54) is 6.07 Å². The van der Waals surface area contributed by atoms with Gasteiger partial charge < -0.3 is 4.74 Å². The highest BCUT2D eigenvalue weighted by Crippen LogP contribution is 2.20. The minimum absolute atomic E-state index is 0.218. The summed E-state index contributed by atoms with van der Waals surface area (Å²) in [7, 11) is 0. The molecule has 0 aliphatic rings. The molecule has 1 heterocycles. The van der Waals surface area contributed by atoms with Crippen LogP contribution in [0, 0.1) is 5.82 Å². The fourth-order valence-electron chi connectivity index (χ4n) is 0.907. The number of anilines is 1. The van der Waals surface area contributed by atoms with E-state index in [9.17, 15) is 9.18 Å². The maximum Gasteiger partial charge on any atom is 0.413 e. The molecule has 0 bridgehead atoms. The van der Waals surface area contributed by atoms with Gasteiger partial charge in [-0.15, -0.1) is 0 Å². The van der Waals surface area contributed by atoms with Crippen LogP contribution in [0.2, 0.25) is 0 Å². The summed E-state index contributed by atoms with van der Waals surface area (Å²) in [5, 5.41) is 2.41. The molecular formula is C10H12BrFN2O2. The number of nitrogens with one attached hydrogen (secondary N) is 1. The summed E-state index contributed by atoms with van der Waals surface area (Å²) in [5.41, 5.74) is -0.587. The van der Waals surface area contributed by atoms with Crippen molar-refractivity contribution in [3.8, 4) is 0 Å². The Bertz CT molecular complexity index is 404. The Balaban J connectivity index is 2.70. The molecule has 1 aromatic rings. The molecule has 1 rings (SSSR count). The number of hydrogen-bond acceptors (Lipinski definition) is 3. The van der Waals surface area contributed by atoms with Crippen LogP contribution in [0.25, 0.3) is 0 Å². The van der Waals surface area contributed by atoms with Crippen LogP contribution in [-0.2, 0) is 4.74 Å². The van der Waals surface area contributed by atoms with Crippen molar-refractivity contribution in [1.82, 2.24) is 4.98 Å². The zero-order valence-electron chi connectivity index (χ0n) is 9.17. The molecular weight excluding hydrogens is 279 g/mol. The molecule has 1 amide bonds. The first-order chi connectivity index (χ1) is 7.28. The summed E-state index contributed by atoms with van der Waals surface area (Å²) in [6, 6.07) is 1.21. The third kappa shape index (κ3) is 4.14. The maximum atomic E-state index is 12.7. The van der Waals surface area contributed by atoms with Crippen LogP contribution >= 0.6 is 15.9 Å². The largest absolute Gasteiger partial charge is 0.444 e. The van der Waals surface area contributed by atoms with Crippen molar-refractivity contribution < 1.29 is 13.9 Å². The Hall–Kier alpha value is -1.17. The van der Waals surface area contributed by atoms with E-state index in [0.29, 0.717) is 4.47 Å². The minimum Gasteiger partial charge on any atom is -0.444 e. The molecule has 0 aliphatic heterocycles. The third-order valence-corrected chi connectivity index (χ3v) is 2.03. The van der Waals surface area contributed by atoms with Crippen molar-refractivity contribution in [2.45, 2.75) is 26.4 Å². The molecule has 0 saturated carbocycles. The molecule has 4 nitrogen and oxygen atoms in total. The van der Waals surface area contributed by atoms with Gasteiger partial charge in [0.25, 0.3) is 0 Å². The molecule has 88 valence electrons. The monoisotopic (exact) mass is 290 g/mol. The number of carbonyl (C=O) groups is 1. The summed E-state index contributed by atoms with van der Waals surface area (Å²) in [6.07, 6.45) is 0.379. The number of aromatic nitrogens is 1. The summed E-state index contributed by atoms with van der Waals surface area (Å²) in [4.78, 5) is 15.1. The lowest BCUT2D eigenvalue weighted by Crippen LogP contribution is -2.27. The molecule has 1 aromatic heterocycles. The van der Waals surface area contributed by atoms with Gasteiger partial charge in [-0.2, -0.15) is 0 Å². The van der Waals surface area contributed by atoms with Crippen molar-refractivity contribution >= 4 is 27.8 Å². The quantitative estimate of drug-likeness (QED) is 0.863. The number of hydrogen-bond donors (Lipinski definition) is 1. The Labute approximate surface area is 101 Å². The van der Waals surface area contributed by atoms with Gasteiger partial charge in [-0.3, -0.25) is 5.32 Å². The Morgan fingerprint density at radius 2 is 2.19 bits per heavy atom. The van der Waals surface area contributed by atoms with E-state index in [4.69, 9.17) is 4.74 Å². The van der Waals surface area contributed by atoms with E-state index in [2.05, 4.69) is 26.2 Å². The predicted octanol–water partition coefficient (Wildman–Crippen LogP) is 3.33. The lowest BCUT2D eigenvalue weighted by Gasteiger charge is -2.19. The van der Waals surface area contributed by atoms with Crippen LogP contribution in [0.1, 0.15) is 20.8 Å². The van der Waals surface area contributed by atoms with Crippen LogP contribution in [-0.4, -0.2) is 16.7 Å². The highest BCUT2D eigenvalue weighted by molar-refractivity contribution is 9.10. The van der Waals surface area contributed by atoms with E-state index in [-0.39, 0.29) is 5.82 Å². The number of carbonyl (C=O) groups excluding carboxylic acids is 1. The van der Waals surface area contributed by atoms with E-state index in [0.717, 1.165) is 6.20 Å². The van der Waals surface area contributed by atoms with Crippen molar-refractivity contribution in [1.29, 1.82) is 0 Å². The first-order valence-corrected chi connectivity index (χ1v) is 5.38. The van der Waals surface area contributed by atoms with Gasteiger partial charge in [0.05, 0.1) is 10.7 Å². The van der Waals surface area contributed by atoms with Crippen LogP contribution in [0.4, 0.5) is 15.0 Å². The fourth-order valence-corrected chi connectivity index (χ4v) is 1.33. The Kier molecular flexibility index (Phi) is 3.85. The van der Waals surface area contributed by atoms with Gasteiger partial charge >= 0.3 is 6.09 Å². The molecule has 0 aromatic carbocycles. The molecule has 0 spiro atoms. The summed E-state index contributed by atoms with van der Waals surface area (Å²) in [6.45, 7) is 5.25. The fraction of sp³-hybridized carbons (Fsp3) is 0.400. The summed E-state index contributed by atoms with van der Waals surface area (Å²) in [5.74, 6) is -0.266. The van der Waals surface area contributed by atoms with E-state index >= 15 is 0 Å². The molecule has 0 fully saturated rings. The molecule has 0 saturated heterocycles. The molecule has 0 radical (unpaired) electrons. The zero-order chi connectivity index (χ0) is 12.3.